The van der Waals surface area contributed by atoms with E-state index in [1.54, 1.807) is 12.4 Å². The Hall–Kier alpha value is -2.99. The molecule has 2 aromatic rings. The van der Waals surface area contributed by atoms with Crippen molar-refractivity contribution in [3.05, 3.63) is 71.3 Å². The van der Waals surface area contributed by atoms with Crippen LogP contribution in [0.4, 0.5) is 5.69 Å². The van der Waals surface area contributed by atoms with Gasteiger partial charge in [-0.2, -0.15) is 0 Å². The molecule has 2 rings (SSSR count). The average molecular weight is 464 g/mol. The van der Waals surface area contributed by atoms with E-state index in [0.717, 1.165) is 29.1 Å². The second-order valence-electron chi connectivity index (χ2n) is 9.33. The summed E-state index contributed by atoms with van der Waals surface area (Å²) in [5.41, 5.74) is 4.45. The molecular weight excluding hydrogens is 422 g/mol. The number of aryl methyl sites for hydroxylation is 1. The lowest BCUT2D eigenvalue weighted by atomic mass is 10.1. The number of hydrogen-bond donors (Lipinski definition) is 2. The number of rotatable bonds is 12. The first-order valence-corrected chi connectivity index (χ1v) is 12.2. The van der Waals surface area contributed by atoms with E-state index in [1.807, 2.05) is 37.4 Å². The number of anilines is 1. The van der Waals surface area contributed by atoms with Gasteiger partial charge in [0.05, 0.1) is 11.3 Å². The third-order valence-electron chi connectivity index (χ3n) is 5.55. The van der Waals surface area contributed by atoms with E-state index < -0.39 is 0 Å². The number of aromatic nitrogens is 1. The van der Waals surface area contributed by atoms with E-state index in [1.165, 1.54) is 12.8 Å². The van der Waals surface area contributed by atoms with Crippen LogP contribution in [0.3, 0.4) is 0 Å². The first-order chi connectivity index (χ1) is 16.2. The van der Waals surface area contributed by atoms with Gasteiger partial charge in [-0.3, -0.25) is 14.8 Å². The molecule has 0 aliphatic carbocycles. The number of allylic oxidation sites excluding steroid dienone is 1. The van der Waals surface area contributed by atoms with E-state index in [9.17, 15) is 4.79 Å². The van der Waals surface area contributed by atoms with Crippen molar-refractivity contribution in [1.82, 2.24) is 15.2 Å². The van der Waals surface area contributed by atoms with Gasteiger partial charge in [0.15, 0.2) is 0 Å². The van der Waals surface area contributed by atoms with Crippen LogP contribution in [-0.2, 0) is 0 Å². The third kappa shape index (κ3) is 9.10. The van der Waals surface area contributed by atoms with Crippen molar-refractivity contribution in [3.63, 3.8) is 0 Å². The molecule has 0 saturated heterocycles. The first kappa shape index (κ1) is 27.3. The highest BCUT2D eigenvalue weighted by Gasteiger charge is 2.12. The van der Waals surface area contributed by atoms with Crippen molar-refractivity contribution in [2.24, 2.45) is 10.9 Å². The summed E-state index contributed by atoms with van der Waals surface area (Å²) in [6, 6.07) is 9.95. The molecule has 0 fully saturated rings. The van der Waals surface area contributed by atoms with E-state index in [0.29, 0.717) is 11.5 Å². The van der Waals surface area contributed by atoms with Crippen LogP contribution < -0.4 is 10.6 Å². The molecule has 1 aromatic heterocycles. The summed E-state index contributed by atoms with van der Waals surface area (Å²) < 4.78 is 0. The number of pyridine rings is 1. The second kappa shape index (κ2) is 13.7. The molecule has 1 aromatic carbocycles. The zero-order valence-electron chi connectivity index (χ0n) is 21.8. The highest BCUT2D eigenvalue weighted by Crippen LogP contribution is 2.19. The Morgan fingerprint density at radius 2 is 1.94 bits per heavy atom. The van der Waals surface area contributed by atoms with E-state index >= 15 is 0 Å². The van der Waals surface area contributed by atoms with Gasteiger partial charge in [0, 0.05) is 56.2 Å². The van der Waals surface area contributed by atoms with Gasteiger partial charge in [0.2, 0.25) is 0 Å². The summed E-state index contributed by atoms with van der Waals surface area (Å²) in [4.78, 5) is 23.7. The molecule has 2 N–H and O–H groups in total. The molecule has 0 spiro atoms. The summed E-state index contributed by atoms with van der Waals surface area (Å²) in [5, 5.41) is 6.56. The topological polar surface area (TPSA) is 69.6 Å². The minimum absolute atomic E-state index is 0.0923. The number of nitrogens with one attached hydrogen (secondary N) is 2. The predicted molar refractivity (Wildman–Crippen MR) is 143 cm³/mol. The zero-order chi connectivity index (χ0) is 25.1. The highest BCUT2D eigenvalue weighted by atomic mass is 16.1. The lowest BCUT2D eigenvalue weighted by Crippen LogP contribution is -2.30. The highest BCUT2D eigenvalue weighted by molar-refractivity contribution is 6.04. The third-order valence-corrected chi connectivity index (χ3v) is 5.55. The molecule has 6 nitrogen and oxygen atoms in total. The Morgan fingerprint density at radius 1 is 1.18 bits per heavy atom. The Bertz CT molecular complexity index is 982. The Kier molecular flexibility index (Phi) is 10.9. The number of unbranched alkanes of at least 4 members (excludes halogenated alkanes) is 1. The zero-order valence-corrected chi connectivity index (χ0v) is 21.8. The van der Waals surface area contributed by atoms with Gasteiger partial charge in [-0.25, -0.2) is 0 Å². The van der Waals surface area contributed by atoms with Crippen LogP contribution in [0.5, 0.6) is 0 Å². The van der Waals surface area contributed by atoms with Crippen LogP contribution in [0.25, 0.3) is 0 Å². The number of benzene rings is 1. The fraction of sp³-hybridized carbons (Fsp3) is 0.464. The minimum atomic E-state index is -0.161. The molecule has 0 saturated carbocycles. The summed E-state index contributed by atoms with van der Waals surface area (Å²) in [6.45, 7) is 13.7. The van der Waals surface area contributed by atoms with Crippen LogP contribution >= 0.6 is 0 Å². The van der Waals surface area contributed by atoms with Gasteiger partial charge in [-0.05, 0) is 62.4 Å². The van der Waals surface area contributed by atoms with Gasteiger partial charge >= 0.3 is 0 Å². The van der Waals surface area contributed by atoms with Crippen LogP contribution in [0.2, 0.25) is 0 Å². The number of amides is 1. The van der Waals surface area contributed by atoms with Gasteiger partial charge in [0.25, 0.3) is 5.91 Å². The quantitative estimate of drug-likeness (QED) is 0.380. The van der Waals surface area contributed by atoms with Crippen LogP contribution in [0.15, 0.2) is 59.6 Å². The summed E-state index contributed by atoms with van der Waals surface area (Å²) in [7, 11) is 2.11. The molecule has 0 radical (unpaired) electrons. The average Bonchev–Trinajstić information content (AvgIpc) is 2.80. The predicted octanol–water partition coefficient (Wildman–Crippen LogP) is 5.98. The lowest BCUT2D eigenvalue weighted by Gasteiger charge is -2.19. The Morgan fingerprint density at radius 3 is 2.62 bits per heavy atom. The van der Waals surface area contributed by atoms with Gasteiger partial charge in [-0.1, -0.05) is 39.3 Å². The van der Waals surface area contributed by atoms with Gasteiger partial charge in [-0.15, -0.1) is 0 Å². The van der Waals surface area contributed by atoms with Crippen LogP contribution in [0.1, 0.15) is 75.0 Å². The van der Waals surface area contributed by atoms with Crippen molar-refractivity contribution < 1.29 is 4.79 Å². The van der Waals surface area contributed by atoms with Crippen LogP contribution in [-0.4, -0.2) is 41.6 Å². The minimum Gasteiger partial charge on any atom is -0.379 e. The fourth-order valence-electron chi connectivity index (χ4n) is 3.53. The maximum atomic E-state index is 12.6. The number of hydrogen-bond acceptors (Lipinski definition) is 5. The SMILES string of the molecule is CCCCN(C)/C=C(/N=CC(C)N[C@@H](C)c1cccc(NC(=O)c2cncc(C)c2)c1)C(C)C. The molecule has 184 valence electrons. The van der Waals surface area contributed by atoms with Crippen molar-refractivity contribution in [2.45, 2.75) is 66.5 Å². The molecule has 34 heavy (non-hydrogen) atoms. The molecule has 1 unspecified atom stereocenters. The smallest absolute Gasteiger partial charge is 0.257 e. The lowest BCUT2D eigenvalue weighted by molar-refractivity contribution is 0.102. The Balaban J connectivity index is 2.01. The normalized spacial score (nSPS) is 13.8. The molecule has 1 heterocycles. The second-order valence-corrected chi connectivity index (χ2v) is 9.33. The number of nitrogens with zero attached hydrogens (tertiary/aromatic N) is 3. The van der Waals surface area contributed by atoms with Crippen molar-refractivity contribution >= 4 is 17.8 Å². The first-order valence-electron chi connectivity index (χ1n) is 12.2. The van der Waals surface area contributed by atoms with E-state index in [-0.39, 0.29) is 18.0 Å². The van der Waals surface area contributed by atoms with Crippen molar-refractivity contribution in [2.75, 3.05) is 18.9 Å². The fourth-order valence-corrected chi connectivity index (χ4v) is 3.53. The number of aliphatic imine (C=N–C) groups is 1. The van der Waals surface area contributed by atoms with Crippen molar-refractivity contribution in [3.8, 4) is 0 Å². The molecule has 2 atom stereocenters. The molecule has 0 bridgehead atoms. The van der Waals surface area contributed by atoms with Gasteiger partial charge < -0.3 is 15.5 Å². The maximum Gasteiger partial charge on any atom is 0.257 e. The number of carbonyl (C=O) groups is 1. The largest absolute Gasteiger partial charge is 0.379 e. The summed E-state index contributed by atoms with van der Waals surface area (Å²) in [6.07, 6.45) is 9.82. The van der Waals surface area contributed by atoms with E-state index in [2.05, 4.69) is 74.5 Å². The Labute approximate surface area is 205 Å². The molecular formula is C28H41N5O. The van der Waals surface area contributed by atoms with E-state index in [4.69, 9.17) is 4.99 Å². The van der Waals surface area contributed by atoms with Crippen molar-refractivity contribution in [1.29, 1.82) is 0 Å². The maximum absolute atomic E-state index is 12.6. The molecule has 6 heteroatoms. The molecule has 0 aliphatic rings. The monoisotopic (exact) mass is 463 g/mol. The number of carbonyl (C=O) groups excluding carboxylic acids is 1. The molecule has 0 aliphatic heterocycles. The standard InChI is InChI=1S/C28H41N5O/c1-8-9-13-33(7)19-27(20(2)3)30-17-22(5)31-23(6)24-11-10-12-26(15-24)32-28(34)25-14-21(4)16-29-18-25/h10-12,14-20,22-23,31H,8-9,13H2,1-7H3,(H,32,34)/b27-19+,30-17?/t22?,23-/m0/s1. The molecule has 1 amide bonds. The summed E-state index contributed by atoms with van der Waals surface area (Å²) >= 11 is 0. The summed E-state index contributed by atoms with van der Waals surface area (Å²) in [5.74, 6) is 0.195. The van der Waals surface area contributed by atoms with Crippen LogP contribution in [0, 0.1) is 12.8 Å². The van der Waals surface area contributed by atoms with Gasteiger partial charge in [0.1, 0.15) is 0 Å².